The molecule has 1 aromatic heterocycles. The highest BCUT2D eigenvalue weighted by Crippen LogP contribution is 2.31. The highest BCUT2D eigenvalue weighted by Gasteiger charge is 2.10. The molecule has 0 aliphatic rings. The van der Waals surface area contributed by atoms with Gasteiger partial charge in [-0.05, 0) is 22.0 Å². The number of nitrogens with zero attached hydrogens (tertiary/aromatic N) is 2. The molecule has 0 atom stereocenters. The Hall–Kier alpha value is -0.430. The molecule has 0 amide bonds. The molecule has 90 valence electrons. The van der Waals surface area contributed by atoms with Crippen molar-refractivity contribution in [2.75, 3.05) is 0 Å². The molecule has 0 bridgehead atoms. The van der Waals surface area contributed by atoms with Crippen molar-refractivity contribution in [2.45, 2.75) is 6.61 Å². The summed E-state index contributed by atoms with van der Waals surface area (Å²) in [5.41, 5.74) is 0.513. The molecule has 0 radical (unpaired) electrons. The number of ether oxygens (including phenoxy) is 1. The van der Waals surface area contributed by atoms with Crippen molar-refractivity contribution in [1.29, 1.82) is 0 Å². The zero-order valence-corrected chi connectivity index (χ0v) is 12.0. The van der Waals surface area contributed by atoms with Gasteiger partial charge in [0.05, 0.1) is 9.50 Å². The SMILES string of the molecule is Fc1cc(OCc2nnsc2Cl)c(Br)cc1Cl. The maximum Gasteiger partial charge on any atom is 0.145 e. The Bertz CT molecular complexity index is 552. The predicted octanol–water partition coefficient (Wildman–Crippen LogP) is 4.33. The van der Waals surface area contributed by atoms with Crippen molar-refractivity contribution in [2.24, 2.45) is 0 Å². The molecule has 0 N–H and O–H groups in total. The first-order valence-corrected chi connectivity index (χ1v) is 6.64. The van der Waals surface area contributed by atoms with Crippen molar-refractivity contribution < 1.29 is 9.13 Å². The van der Waals surface area contributed by atoms with Gasteiger partial charge in [-0.15, -0.1) is 5.10 Å². The van der Waals surface area contributed by atoms with Gasteiger partial charge in [-0.1, -0.05) is 27.7 Å². The van der Waals surface area contributed by atoms with Crippen LogP contribution in [0.3, 0.4) is 0 Å². The summed E-state index contributed by atoms with van der Waals surface area (Å²) < 4.78 is 23.3. The molecule has 8 heteroatoms. The predicted molar refractivity (Wildman–Crippen MR) is 68.4 cm³/mol. The monoisotopic (exact) mass is 356 g/mol. The molecule has 0 aliphatic heterocycles. The Morgan fingerprint density at radius 3 is 2.82 bits per heavy atom. The van der Waals surface area contributed by atoms with Crippen molar-refractivity contribution in [3.05, 3.63) is 37.5 Å². The summed E-state index contributed by atoms with van der Waals surface area (Å²) >= 11 is 15.7. The molecule has 17 heavy (non-hydrogen) atoms. The molecule has 2 aromatic rings. The quantitative estimate of drug-likeness (QED) is 0.767. The molecular formula is C9H4BrCl2FN2OS. The minimum absolute atomic E-state index is 0.0255. The van der Waals surface area contributed by atoms with Crippen LogP contribution in [0.15, 0.2) is 16.6 Å². The second-order valence-corrected chi connectivity index (χ2v) is 5.60. The molecule has 0 aliphatic carbocycles. The van der Waals surface area contributed by atoms with Gasteiger partial charge in [0, 0.05) is 17.6 Å². The number of benzene rings is 1. The average molecular weight is 358 g/mol. The van der Waals surface area contributed by atoms with E-state index in [0.29, 0.717) is 20.3 Å². The molecule has 0 spiro atoms. The maximum absolute atomic E-state index is 13.2. The Labute approximate surface area is 119 Å². The van der Waals surface area contributed by atoms with Crippen LogP contribution in [0.4, 0.5) is 4.39 Å². The second-order valence-electron chi connectivity index (χ2n) is 2.98. The van der Waals surface area contributed by atoms with E-state index >= 15 is 0 Å². The van der Waals surface area contributed by atoms with E-state index in [1.165, 1.54) is 12.1 Å². The zero-order chi connectivity index (χ0) is 12.4. The van der Waals surface area contributed by atoms with Gasteiger partial charge in [-0.2, -0.15) is 0 Å². The highest BCUT2D eigenvalue weighted by atomic mass is 79.9. The molecule has 0 saturated carbocycles. The third-order valence-corrected chi connectivity index (χ3v) is 3.74. The van der Waals surface area contributed by atoms with Gasteiger partial charge >= 0.3 is 0 Å². The fourth-order valence-corrected chi connectivity index (χ4v) is 2.40. The van der Waals surface area contributed by atoms with E-state index in [2.05, 4.69) is 25.5 Å². The third kappa shape index (κ3) is 3.07. The van der Waals surface area contributed by atoms with E-state index in [9.17, 15) is 4.39 Å². The van der Waals surface area contributed by atoms with Gasteiger partial charge in [0.15, 0.2) is 0 Å². The van der Waals surface area contributed by atoms with Crippen LogP contribution < -0.4 is 4.74 Å². The van der Waals surface area contributed by atoms with Crippen LogP contribution in [0.25, 0.3) is 0 Å². The Balaban J connectivity index is 2.14. The molecule has 0 saturated heterocycles. The molecule has 0 unspecified atom stereocenters. The van der Waals surface area contributed by atoms with Crippen molar-refractivity contribution in [1.82, 2.24) is 9.59 Å². The summed E-state index contributed by atoms with van der Waals surface area (Å²) in [7, 11) is 0. The topological polar surface area (TPSA) is 35.0 Å². The van der Waals surface area contributed by atoms with E-state index < -0.39 is 5.82 Å². The molecule has 2 rings (SSSR count). The Kier molecular flexibility index (Phi) is 4.19. The number of halogens is 4. The first-order valence-electron chi connectivity index (χ1n) is 4.32. The molecule has 1 aromatic carbocycles. The fraction of sp³-hybridized carbons (Fsp3) is 0.111. The summed E-state index contributed by atoms with van der Waals surface area (Å²) in [5, 5.41) is 3.80. The van der Waals surface area contributed by atoms with Gasteiger partial charge < -0.3 is 4.74 Å². The lowest BCUT2D eigenvalue weighted by molar-refractivity contribution is 0.298. The molecule has 0 fully saturated rings. The van der Waals surface area contributed by atoms with Gasteiger partial charge in [-0.25, -0.2) is 4.39 Å². The lowest BCUT2D eigenvalue weighted by atomic mass is 10.3. The van der Waals surface area contributed by atoms with Crippen LogP contribution in [-0.4, -0.2) is 9.59 Å². The highest BCUT2D eigenvalue weighted by molar-refractivity contribution is 9.10. The molecular weight excluding hydrogens is 354 g/mol. The van der Waals surface area contributed by atoms with Gasteiger partial charge in [0.25, 0.3) is 0 Å². The van der Waals surface area contributed by atoms with Crippen LogP contribution in [-0.2, 0) is 6.61 Å². The standard InChI is InChI=1S/C9H4BrCl2FN2OS/c10-4-1-5(11)6(13)2-8(4)16-3-7-9(12)17-15-14-7/h1-2H,3H2. The maximum atomic E-state index is 13.2. The van der Waals surface area contributed by atoms with Crippen LogP contribution in [0.1, 0.15) is 5.69 Å². The normalized spacial score (nSPS) is 10.6. The summed E-state index contributed by atoms with van der Waals surface area (Å²) in [6.07, 6.45) is 0. The lowest BCUT2D eigenvalue weighted by Crippen LogP contribution is -1.98. The smallest absolute Gasteiger partial charge is 0.145 e. The van der Waals surface area contributed by atoms with Gasteiger partial charge in [-0.3, -0.25) is 0 Å². The van der Waals surface area contributed by atoms with Gasteiger partial charge in [0.1, 0.15) is 28.2 Å². The summed E-state index contributed by atoms with van der Waals surface area (Å²) in [6.45, 7) is 0.120. The van der Waals surface area contributed by atoms with E-state index in [1.807, 2.05) is 0 Å². The molecule has 1 heterocycles. The van der Waals surface area contributed by atoms with Gasteiger partial charge in [0.2, 0.25) is 0 Å². The van der Waals surface area contributed by atoms with Crippen LogP contribution in [0, 0.1) is 5.82 Å². The van der Waals surface area contributed by atoms with Crippen molar-refractivity contribution >= 4 is 50.7 Å². The summed E-state index contributed by atoms with van der Waals surface area (Å²) in [4.78, 5) is 0. The van der Waals surface area contributed by atoms with Crippen LogP contribution in [0.2, 0.25) is 9.36 Å². The first kappa shape index (κ1) is 13.0. The van der Waals surface area contributed by atoms with E-state index in [0.717, 1.165) is 11.5 Å². The van der Waals surface area contributed by atoms with Crippen LogP contribution in [0.5, 0.6) is 5.75 Å². The van der Waals surface area contributed by atoms with E-state index in [1.54, 1.807) is 0 Å². The fourth-order valence-electron chi connectivity index (χ4n) is 1.04. The average Bonchev–Trinajstić information content (AvgIpc) is 2.68. The minimum atomic E-state index is -0.549. The minimum Gasteiger partial charge on any atom is -0.486 e. The van der Waals surface area contributed by atoms with E-state index in [4.69, 9.17) is 27.9 Å². The number of aromatic nitrogens is 2. The summed E-state index contributed by atoms with van der Waals surface area (Å²) in [6, 6.07) is 2.62. The number of rotatable bonds is 3. The van der Waals surface area contributed by atoms with Crippen molar-refractivity contribution in [3.8, 4) is 5.75 Å². The third-order valence-electron chi connectivity index (χ3n) is 1.85. The largest absolute Gasteiger partial charge is 0.486 e. The Morgan fingerprint density at radius 2 is 2.18 bits per heavy atom. The molecule has 3 nitrogen and oxygen atoms in total. The first-order chi connectivity index (χ1) is 8.08. The Morgan fingerprint density at radius 1 is 1.41 bits per heavy atom. The number of hydrogen-bond acceptors (Lipinski definition) is 4. The number of hydrogen-bond donors (Lipinski definition) is 0. The second kappa shape index (κ2) is 5.48. The van der Waals surface area contributed by atoms with Crippen molar-refractivity contribution in [3.63, 3.8) is 0 Å². The zero-order valence-electron chi connectivity index (χ0n) is 8.08. The van der Waals surface area contributed by atoms with E-state index in [-0.39, 0.29) is 11.6 Å². The lowest BCUT2D eigenvalue weighted by Gasteiger charge is -2.07. The summed E-state index contributed by atoms with van der Waals surface area (Å²) in [5.74, 6) is -0.219. The van der Waals surface area contributed by atoms with Crippen LogP contribution >= 0.6 is 50.7 Å².